The maximum absolute atomic E-state index is 12.7. The predicted octanol–water partition coefficient (Wildman–Crippen LogP) is 3.54. The van der Waals surface area contributed by atoms with Crippen molar-refractivity contribution in [3.63, 3.8) is 0 Å². The summed E-state index contributed by atoms with van der Waals surface area (Å²) in [5.41, 5.74) is -0.139. The lowest BCUT2D eigenvalue weighted by molar-refractivity contribution is -0.131. The zero-order chi connectivity index (χ0) is 15.0. The van der Waals surface area contributed by atoms with E-state index in [0.717, 1.165) is 37.6 Å². The zero-order valence-electron chi connectivity index (χ0n) is 14.0. The molecule has 1 amide bonds. The summed E-state index contributed by atoms with van der Waals surface area (Å²) < 4.78 is 0. The first kappa shape index (κ1) is 15.3. The average Bonchev–Trinajstić information content (AvgIpc) is 3.19. The lowest BCUT2D eigenvalue weighted by Gasteiger charge is -2.33. The van der Waals surface area contributed by atoms with Crippen LogP contribution in [-0.4, -0.2) is 29.1 Å². The summed E-state index contributed by atoms with van der Waals surface area (Å²) in [6.07, 6.45) is 10.2. The van der Waals surface area contributed by atoms with Gasteiger partial charge in [-0.15, -0.1) is 0 Å². The molecule has 0 aromatic rings. The first-order valence-corrected chi connectivity index (χ1v) is 9.13. The smallest absolute Gasteiger partial charge is 0.244 e. The molecule has 2 saturated carbocycles. The lowest BCUT2D eigenvalue weighted by atomic mass is 9.80. The van der Waals surface area contributed by atoms with Crippen LogP contribution >= 0.6 is 0 Å². The molecule has 0 bridgehead atoms. The zero-order valence-corrected chi connectivity index (χ0v) is 14.0. The van der Waals surface area contributed by atoms with Crippen LogP contribution in [0.25, 0.3) is 0 Å². The highest BCUT2D eigenvalue weighted by molar-refractivity contribution is 5.91. The van der Waals surface area contributed by atoms with Gasteiger partial charge in [-0.2, -0.15) is 0 Å². The highest BCUT2D eigenvalue weighted by Gasteiger charge is 2.59. The van der Waals surface area contributed by atoms with Gasteiger partial charge in [-0.25, -0.2) is 0 Å². The van der Waals surface area contributed by atoms with Gasteiger partial charge in [-0.05, 0) is 49.9 Å². The molecule has 2 aliphatic carbocycles. The number of nitrogens with zero attached hydrogens (tertiary/aromatic N) is 1. The Morgan fingerprint density at radius 3 is 2.33 bits per heavy atom. The molecule has 1 N–H and O–H groups in total. The maximum Gasteiger partial charge on any atom is 0.244 e. The van der Waals surface area contributed by atoms with E-state index < -0.39 is 0 Å². The molecule has 0 aromatic heterocycles. The van der Waals surface area contributed by atoms with Crippen LogP contribution < -0.4 is 5.32 Å². The molecular weight excluding hydrogens is 260 g/mol. The second-order valence-electron chi connectivity index (χ2n) is 8.12. The largest absolute Gasteiger partial charge is 0.325 e. The number of nitrogens with one attached hydrogen (secondary N) is 1. The molecule has 0 aromatic carbocycles. The third-order valence-corrected chi connectivity index (χ3v) is 5.93. The van der Waals surface area contributed by atoms with Crippen LogP contribution in [0.1, 0.15) is 72.1 Å². The second-order valence-corrected chi connectivity index (χ2v) is 8.12. The van der Waals surface area contributed by atoms with Gasteiger partial charge in [0, 0.05) is 6.54 Å². The fourth-order valence-corrected chi connectivity index (χ4v) is 4.30. The minimum Gasteiger partial charge on any atom is -0.325 e. The predicted molar refractivity (Wildman–Crippen MR) is 85.8 cm³/mol. The van der Waals surface area contributed by atoms with Crippen molar-refractivity contribution >= 4 is 5.91 Å². The van der Waals surface area contributed by atoms with Gasteiger partial charge in [0.2, 0.25) is 5.91 Å². The number of amides is 1. The van der Waals surface area contributed by atoms with Crippen molar-refractivity contribution < 1.29 is 4.79 Å². The van der Waals surface area contributed by atoms with Crippen LogP contribution in [0.5, 0.6) is 0 Å². The molecule has 0 radical (unpaired) electrons. The van der Waals surface area contributed by atoms with E-state index in [9.17, 15) is 4.79 Å². The molecule has 21 heavy (non-hydrogen) atoms. The Morgan fingerprint density at radius 2 is 1.81 bits per heavy atom. The molecule has 3 nitrogen and oxygen atoms in total. The summed E-state index contributed by atoms with van der Waals surface area (Å²) >= 11 is 0. The SMILES string of the molecule is CCC1CCC(CN2C(=O)C3(CC3)NC2CC(C)C)CC1. The van der Waals surface area contributed by atoms with Crippen LogP contribution in [-0.2, 0) is 4.79 Å². The molecule has 3 fully saturated rings. The minimum atomic E-state index is -0.139. The molecular formula is C18H32N2O. The fourth-order valence-electron chi connectivity index (χ4n) is 4.30. The van der Waals surface area contributed by atoms with E-state index in [1.807, 2.05) is 0 Å². The molecule has 1 heterocycles. The first-order chi connectivity index (χ1) is 10.0. The molecule has 1 spiro atoms. The lowest BCUT2D eigenvalue weighted by Crippen LogP contribution is -2.41. The number of carbonyl (C=O) groups excluding carboxylic acids is 1. The Labute approximate surface area is 129 Å². The van der Waals surface area contributed by atoms with Gasteiger partial charge in [-0.3, -0.25) is 10.1 Å². The monoisotopic (exact) mass is 292 g/mol. The van der Waals surface area contributed by atoms with Crippen molar-refractivity contribution in [2.45, 2.75) is 83.8 Å². The van der Waals surface area contributed by atoms with Crippen molar-refractivity contribution in [1.29, 1.82) is 0 Å². The highest BCUT2D eigenvalue weighted by atomic mass is 16.2. The molecule has 3 heteroatoms. The summed E-state index contributed by atoms with van der Waals surface area (Å²) in [4.78, 5) is 15.0. The summed E-state index contributed by atoms with van der Waals surface area (Å²) in [7, 11) is 0. The van der Waals surface area contributed by atoms with E-state index in [1.165, 1.54) is 32.1 Å². The Kier molecular flexibility index (Phi) is 4.31. The van der Waals surface area contributed by atoms with E-state index in [2.05, 4.69) is 31.0 Å². The molecule has 120 valence electrons. The van der Waals surface area contributed by atoms with Crippen molar-refractivity contribution in [3.05, 3.63) is 0 Å². The van der Waals surface area contributed by atoms with Crippen LogP contribution in [0.4, 0.5) is 0 Å². The third kappa shape index (κ3) is 3.13. The standard InChI is InChI=1S/C18H32N2O/c1-4-14-5-7-15(8-6-14)12-20-16(11-13(2)3)19-18(9-10-18)17(20)21/h13-16,19H,4-12H2,1-3H3. The van der Waals surface area contributed by atoms with Crippen LogP contribution in [0.2, 0.25) is 0 Å². The van der Waals surface area contributed by atoms with Gasteiger partial charge in [-0.1, -0.05) is 40.0 Å². The third-order valence-electron chi connectivity index (χ3n) is 5.93. The quantitative estimate of drug-likeness (QED) is 0.840. The number of rotatable bonds is 5. The van der Waals surface area contributed by atoms with Gasteiger partial charge < -0.3 is 4.90 Å². The van der Waals surface area contributed by atoms with Crippen LogP contribution in [0.3, 0.4) is 0 Å². The topological polar surface area (TPSA) is 32.3 Å². The van der Waals surface area contributed by atoms with Gasteiger partial charge in [0.25, 0.3) is 0 Å². The molecule has 1 unspecified atom stereocenters. The molecule has 3 rings (SSSR count). The first-order valence-electron chi connectivity index (χ1n) is 9.13. The van der Waals surface area contributed by atoms with Gasteiger partial charge >= 0.3 is 0 Å². The van der Waals surface area contributed by atoms with Crippen LogP contribution in [0, 0.1) is 17.8 Å². The Balaban J connectivity index is 1.60. The summed E-state index contributed by atoms with van der Waals surface area (Å²) in [5.74, 6) is 2.73. The van der Waals surface area contributed by atoms with E-state index in [-0.39, 0.29) is 5.54 Å². The van der Waals surface area contributed by atoms with E-state index in [0.29, 0.717) is 18.0 Å². The fraction of sp³-hybridized carbons (Fsp3) is 0.944. The van der Waals surface area contributed by atoms with E-state index in [1.54, 1.807) is 0 Å². The Bertz CT molecular complexity index is 381. The minimum absolute atomic E-state index is 0.139. The van der Waals surface area contributed by atoms with Crippen molar-refractivity contribution in [1.82, 2.24) is 10.2 Å². The second kappa shape index (κ2) is 5.91. The molecule has 3 aliphatic rings. The van der Waals surface area contributed by atoms with Crippen LogP contribution in [0.15, 0.2) is 0 Å². The Morgan fingerprint density at radius 1 is 1.19 bits per heavy atom. The van der Waals surface area contributed by atoms with E-state index >= 15 is 0 Å². The van der Waals surface area contributed by atoms with Gasteiger partial charge in [0.1, 0.15) is 0 Å². The number of carbonyl (C=O) groups is 1. The van der Waals surface area contributed by atoms with Crippen molar-refractivity contribution in [3.8, 4) is 0 Å². The maximum atomic E-state index is 12.7. The Hall–Kier alpha value is -0.570. The molecule has 1 atom stereocenters. The number of hydrogen-bond acceptors (Lipinski definition) is 2. The molecule has 1 aliphatic heterocycles. The summed E-state index contributed by atoms with van der Waals surface area (Å²) in [6, 6.07) is 0. The highest BCUT2D eigenvalue weighted by Crippen LogP contribution is 2.44. The van der Waals surface area contributed by atoms with Crippen molar-refractivity contribution in [2.75, 3.05) is 6.54 Å². The summed E-state index contributed by atoms with van der Waals surface area (Å²) in [6.45, 7) is 7.83. The molecule has 1 saturated heterocycles. The average molecular weight is 292 g/mol. The van der Waals surface area contributed by atoms with Gasteiger partial charge in [0.05, 0.1) is 11.7 Å². The van der Waals surface area contributed by atoms with E-state index in [4.69, 9.17) is 0 Å². The number of hydrogen-bond donors (Lipinski definition) is 1. The van der Waals surface area contributed by atoms with Crippen molar-refractivity contribution in [2.24, 2.45) is 17.8 Å². The summed E-state index contributed by atoms with van der Waals surface area (Å²) in [5, 5.41) is 3.66. The normalized spacial score (nSPS) is 35.0. The van der Waals surface area contributed by atoms with Gasteiger partial charge in [0.15, 0.2) is 0 Å².